The van der Waals surface area contributed by atoms with Crippen molar-refractivity contribution in [1.29, 1.82) is 0 Å². The average molecular weight is 297 g/mol. The summed E-state index contributed by atoms with van der Waals surface area (Å²) in [6.45, 7) is 1.04. The molecule has 21 heavy (non-hydrogen) atoms. The van der Waals surface area contributed by atoms with Crippen LogP contribution in [0.25, 0.3) is 10.9 Å². The Morgan fingerprint density at radius 2 is 1.95 bits per heavy atom. The van der Waals surface area contributed by atoms with E-state index in [0.717, 1.165) is 12.1 Å². The number of aromatic amines is 1. The predicted octanol–water partition coefficient (Wildman–Crippen LogP) is 3.80. The lowest BCUT2D eigenvalue weighted by molar-refractivity contribution is -0.137. The normalized spacial score (nSPS) is 17.3. The molecule has 0 saturated carbocycles. The van der Waals surface area contributed by atoms with Gasteiger partial charge >= 0.3 is 6.18 Å². The largest absolute Gasteiger partial charge is 0.416 e. The van der Waals surface area contributed by atoms with E-state index >= 15 is 0 Å². The van der Waals surface area contributed by atoms with Gasteiger partial charge in [-0.2, -0.15) is 13.2 Å². The van der Waals surface area contributed by atoms with Crippen LogP contribution >= 0.6 is 0 Å². The van der Waals surface area contributed by atoms with E-state index in [9.17, 15) is 18.0 Å². The van der Waals surface area contributed by atoms with E-state index in [4.69, 9.17) is 4.74 Å². The van der Waals surface area contributed by atoms with E-state index in [1.54, 1.807) is 0 Å². The second kappa shape index (κ2) is 5.18. The first kappa shape index (κ1) is 14.1. The minimum absolute atomic E-state index is 0.108. The molecule has 6 heteroatoms. The summed E-state index contributed by atoms with van der Waals surface area (Å²) in [5.41, 5.74) is 0.136. The van der Waals surface area contributed by atoms with Crippen LogP contribution in [0, 0.1) is 5.92 Å². The van der Waals surface area contributed by atoms with Crippen LogP contribution in [0.5, 0.6) is 0 Å². The van der Waals surface area contributed by atoms with Crippen molar-refractivity contribution >= 4 is 16.7 Å². The van der Waals surface area contributed by atoms with E-state index in [2.05, 4.69) is 4.98 Å². The smallest absolute Gasteiger partial charge is 0.381 e. The Labute approximate surface area is 119 Å². The van der Waals surface area contributed by atoms with E-state index in [0.29, 0.717) is 42.5 Å². The van der Waals surface area contributed by atoms with Gasteiger partial charge in [-0.25, -0.2) is 0 Å². The number of fused-ring (bicyclic) bond motifs is 1. The summed E-state index contributed by atoms with van der Waals surface area (Å²) in [5.74, 6) is -0.281. The summed E-state index contributed by atoms with van der Waals surface area (Å²) >= 11 is 0. The first-order valence-corrected chi connectivity index (χ1v) is 6.77. The molecule has 1 fully saturated rings. The summed E-state index contributed by atoms with van der Waals surface area (Å²) in [6.07, 6.45) is -1.68. The maximum atomic E-state index is 12.8. The fourth-order valence-electron chi connectivity index (χ4n) is 2.68. The molecule has 3 rings (SSSR count). The summed E-state index contributed by atoms with van der Waals surface area (Å²) in [4.78, 5) is 15.3. The summed E-state index contributed by atoms with van der Waals surface area (Å²) in [6, 6.07) is 3.42. The maximum Gasteiger partial charge on any atom is 0.416 e. The monoisotopic (exact) mass is 297 g/mol. The van der Waals surface area contributed by atoms with Gasteiger partial charge in [0.25, 0.3) is 0 Å². The number of rotatable bonds is 2. The predicted molar refractivity (Wildman–Crippen MR) is 71.2 cm³/mol. The van der Waals surface area contributed by atoms with Gasteiger partial charge in [0.1, 0.15) is 0 Å². The van der Waals surface area contributed by atoms with Crippen molar-refractivity contribution in [2.75, 3.05) is 13.2 Å². The zero-order valence-electron chi connectivity index (χ0n) is 11.2. The second-order valence-electron chi connectivity index (χ2n) is 5.21. The molecule has 1 aromatic carbocycles. The van der Waals surface area contributed by atoms with Crippen LogP contribution in [-0.2, 0) is 10.9 Å². The van der Waals surface area contributed by atoms with Gasteiger partial charge in [0.15, 0.2) is 5.78 Å². The van der Waals surface area contributed by atoms with Gasteiger partial charge in [0, 0.05) is 41.8 Å². The number of nitrogens with one attached hydrogen (secondary N) is 1. The molecular weight excluding hydrogens is 283 g/mol. The molecule has 0 spiro atoms. The van der Waals surface area contributed by atoms with Crippen molar-refractivity contribution in [3.05, 3.63) is 35.5 Å². The van der Waals surface area contributed by atoms with Crippen molar-refractivity contribution in [3.8, 4) is 0 Å². The zero-order chi connectivity index (χ0) is 15.0. The lowest BCUT2D eigenvalue weighted by Crippen LogP contribution is -2.23. The van der Waals surface area contributed by atoms with Gasteiger partial charge in [-0.15, -0.1) is 0 Å². The van der Waals surface area contributed by atoms with E-state index in [-0.39, 0.29) is 11.7 Å². The van der Waals surface area contributed by atoms with Gasteiger partial charge < -0.3 is 9.72 Å². The van der Waals surface area contributed by atoms with Gasteiger partial charge in [-0.05, 0) is 31.0 Å². The van der Waals surface area contributed by atoms with Crippen molar-refractivity contribution in [3.63, 3.8) is 0 Å². The van der Waals surface area contributed by atoms with Crippen LogP contribution in [0.4, 0.5) is 13.2 Å². The molecule has 0 bridgehead atoms. The van der Waals surface area contributed by atoms with Gasteiger partial charge in [0.2, 0.25) is 0 Å². The molecule has 0 radical (unpaired) electrons. The third-order valence-electron chi connectivity index (χ3n) is 3.87. The van der Waals surface area contributed by atoms with Crippen molar-refractivity contribution in [2.45, 2.75) is 19.0 Å². The van der Waals surface area contributed by atoms with Crippen LogP contribution in [0.2, 0.25) is 0 Å². The Balaban J connectivity index is 2.00. The third kappa shape index (κ3) is 2.68. The number of carbonyl (C=O) groups is 1. The van der Waals surface area contributed by atoms with Crippen molar-refractivity contribution in [2.24, 2.45) is 5.92 Å². The number of hydrogen-bond acceptors (Lipinski definition) is 2. The lowest BCUT2D eigenvalue weighted by atomic mass is 9.90. The molecule has 0 atom stereocenters. The number of H-pyrrole nitrogens is 1. The molecule has 112 valence electrons. The number of aromatic nitrogens is 1. The highest BCUT2D eigenvalue weighted by Gasteiger charge is 2.31. The quantitative estimate of drug-likeness (QED) is 0.857. The molecule has 2 aromatic rings. The minimum atomic E-state index is -4.41. The summed E-state index contributed by atoms with van der Waals surface area (Å²) in [7, 11) is 0. The molecule has 3 nitrogen and oxygen atoms in total. The first-order valence-electron chi connectivity index (χ1n) is 6.77. The number of halogens is 3. The highest BCUT2D eigenvalue weighted by Crippen LogP contribution is 2.33. The Morgan fingerprint density at radius 1 is 1.24 bits per heavy atom. The van der Waals surface area contributed by atoms with Crippen LogP contribution in [-0.4, -0.2) is 24.0 Å². The summed E-state index contributed by atoms with van der Waals surface area (Å²) in [5, 5.41) is 0.335. The fourth-order valence-corrected chi connectivity index (χ4v) is 2.68. The van der Waals surface area contributed by atoms with Gasteiger partial charge in [0.05, 0.1) is 5.56 Å². The second-order valence-corrected chi connectivity index (χ2v) is 5.21. The Bertz CT molecular complexity index is 669. The number of ketones is 1. The Morgan fingerprint density at radius 3 is 2.62 bits per heavy atom. The van der Waals surface area contributed by atoms with E-state index in [1.165, 1.54) is 12.3 Å². The topological polar surface area (TPSA) is 42.1 Å². The molecular formula is C15H14F3NO2. The Kier molecular flexibility index (Phi) is 3.49. The van der Waals surface area contributed by atoms with Gasteiger partial charge in [-0.3, -0.25) is 4.79 Å². The summed E-state index contributed by atoms with van der Waals surface area (Å²) < 4.78 is 43.6. The van der Waals surface area contributed by atoms with Gasteiger partial charge in [-0.1, -0.05) is 0 Å². The highest BCUT2D eigenvalue weighted by molar-refractivity contribution is 6.09. The molecule has 0 aliphatic carbocycles. The van der Waals surface area contributed by atoms with Crippen molar-refractivity contribution in [1.82, 2.24) is 4.98 Å². The van der Waals surface area contributed by atoms with E-state index < -0.39 is 11.7 Å². The SMILES string of the molecule is O=C(c1c[nH]c2ccc(C(F)(F)F)cc12)C1CCOCC1. The van der Waals surface area contributed by atoms with Crippen LogP contribution in [0.15, 0.2) is 24.4 Å². The molecule has 1 saturated heterocycles. The lowest BCUT2D eigenvalue weighted by Gasteiger charge is -2.20. The van der Waals surface area contributed by atoms with Crippen LogP contribution in [0.1, 0.15) is 28.8 Å². The third-order valence-corrected chi connectivity index (χ3v) is 3.87. The molecule has 2 heterocycles. The number of alkyl halides is 3. The average Bonchev–Trinajstić information content (AvgIpc) is 2.89. The maximum absolute atomic E-state index is 12.8. The number of hydrogen-bond donors (Lipinski definition) is 1. The zero-order valence-corrected chi connectivity index (χ0v) is 11.2. The molecule has 1 aliphatic rings. The Hall–Kier alpha value is -1.82. The van der Waals surface area contributed by atoms with Crippen molar-refractivity contribution < 1.29 is 22.7 Å². The standard InChI is InChI=1S/C15H14F3NO2/c16-15(17,18)10-1-2-13-11(7-10)12(8-19-13)14(20)9-3-5-21-6-4-9/h1-2,7-9,19H,3-6H2. The molecule has 0 unspecified atom stereocenters. The molecule has 1 aromatic heterocycles. The van der Waals surface area contributed by atoms with Crippen LogP contribution in [0.3, 0.4) is 0 Å². The molecule has 1 N–H and O–H groups in total. The molecule has 0 amide bonds. The fraction of sp³-hybridized carbons (Fsp3) is 0.400. The number of carbonyl (C=O) groups excluding carboxylic acids is 1. The number of benzene rings is 1. The number of ether oxygens (including phenoxy) is 1. The first-order chi connectivity index (χ1) is 9.97. The van der Waals surface area contributed by atoms with E-state index in [1.807, 2.05) is 0 Å². The van der Waals surface area contributed by atoms with Crippen LogP contribution < -0.4 is 0 Å². The number of Topliss-reactive ketones (excluding diaryl/α,β-unsaturated/α-hetero) is 1. The highest BCUT2D eigenvalue weighted by atomic mass is 19.4. The minimum Gasteiger partial charge on any atom is -0.381 e. The molecule has 1 aliphatic heterocycles.